The second-order valence-electron chi connectivity index (χ2n) is 6.85. The summed E-state index contributed by atoms with van der Waals surface area (Å²) in [6.45, 7) is 7.62. The Hall–Kier alpha value is -1.43. The zero-order chi connectivity index (χ0) is 18.6. The van der Waals surface area contributed by atoms with Gasteiger partial charge in [-0.05, 0) is 31.2 Å². The molecule has 2 rings (SSSR count). The van der Waals surface area contributed by atoms with Gasteiger partial charge in [0.1, 0.15) is 6.61 Å². The Morgan fingerprint density at radius 3 is 2.27 bits per heavy atom. The zero-order valence-corrected chi connectivity index (χ0v) is 16.2. The minimum Gasteiger partial charge on any atom is -0.374 e. The Morgan fingerprint density at radius 2 is 1.65 bits per heavy atom. The maximum Gasteiger partial charge on any atom is 0.248 e. The summed E-state index contributed by atoms with van der Waals surface area (Å²) in [5, 5.41) is 0. The zero-order valence-electron chi connectivity index (χ0n) is 16.2. The largest absolute Gasteiger partial charge is 0.374 e. The van der Waals surface area contributed by atoms with Crippen LogP contribution in [0.25, 0.3) is 0 Å². The van der Waals surface area contributed by atoms with E-state index in [4.69, 9.17) is 14.2 Å². The van der Waals surface area contributed by atoms with E-state index in [1.54, 1.807) is 0 Å². The predicted molar refractivity (Wildman–Crippen MR) is 102 cm³/mol. The third kappa shape index (κ3) is 7.44. The Morgan fingerprint density at radius 1 is 1.04 bits per heavy atom. The lowest BCUT2D eigenvalue weighted by atomic mass is 10.2. The first-order valence-electron chi connectivity index (χ1n) is 9.85. The molecular weight excluding hydrogens is 330 g/mol. The van der Waals surface area contributed by atoms with Crippen LogP contribution >= 0.6 is 0 Å². The number of carbonyl (C=O) groups excluding carboxylic acids is 1. The van der Waals surface area contributed by atoms with Crippen LogP contribution in [0.15, 0.2) is 30.3 Å². The molecule has 26 heavy (non-hydrogen) atoms. The fraction of sp³-hybridized carbons (Fsp3) is 0.667. The van der Waals surface area contributed by atoms with Crippen molar-refractivity contribution in [1.29, 1.82) is 0 Å². The lowest BCUT2D eigenvalue weighted by molar-refractivity contribution is -0.137. The van der Waals surface area contributed by atoms with Gasteiger partial charge in [-0.15, -0.1) is 0 Å². The SMILES string of the molecule is CCCN(CCC)C(=O)COCC1CCC(COCc2ccccc2)O1. The van der Waals surface area contributed by atoms with Crippen molar-refractivity contribution in [2.24, 2.45) is 0 Å². The van der Waals surface area contributed by atoms with E-state index in [-0.39, 0.29) is 24.7 Å². The molecule has 0 radical (unpaired) electrons. The minimum absolute atomic E-state index is 0.0684. The number of benzene rings is 1. The Balaban J connectivity index is 1.58. The van der Waals surface area contributed by atoms with Gasteiger partial charge >= 0.3 is 0 Å². The van der Waals surface area contributed by atoms with Crippen LogP contribution in [0.1, 0.15) is 45.1 Å². The van der Waals surface area contributed by atoms with Gasteiger partial charge in [-0.25, -0.2) is 0 Å². The summed E-state index contributed by atoms with van der Waals surface area (Å²) in [4.78, 5) is 14.1. The number of nitrogens with zero attached hydrogens (tertiary/aromatic N) is 1. The highest BCUT2D eigenvalue weighted by molar-refractivity contribution is 5.77. The molecule has 1 aliphatic heterocycles. The number of rotatable bonds is 12. The molecule has 1 aliphatic rings. The Labute approximate surface area is 157 Å². The van der Waals surface area contributed by atoms with E-state index in [1.807, 2.05) is 23.1 Å². The number of ether oxygens (including phenoxy) is 3. The molecule has 1 fully saturated rings. The average molecular weight is 363 g/mol. The van der Waals surface area contributed by atoms with Crippen LogP contribution in [-0.2, 0) is 25.6 Å². The van der Waals surface area contributed by atoms with Gasteiger partial charge in [-0.3, -0.25) is 4.79 Å². The minimum atomic E-state index is 0.0684. The molecule has 1 saturated heterocycles. The number of carbonyl (C=O) groups is 1. The smallest absolute Gasteiger partial charge is 0.248 e. The third-order valence-electron chi connectivity index (χ3n) is 4.48. The molecule has 1 aromatic carbocycles. The monoisotopic (exact) mass is 363 g/mol. The van der Waals surface area contributed by atoms with Gasteiger partial charge in [0.25, 0.3) is 0 Å². The Bertz CT molecular complexity index is 502. The van der Waals surface area contributed by atoms with E-state index < -0.39 is 0 Å². The van der Waals surface area contributed by atoms with Gasteiger partial charge in [-0.2, -0.15) is 0 Å². The van der Waals surface area contributed by atoms with Crippen molar-refractivity contribution in [3.8, 4) is 0 Å². The van der Waals surface area contributed by atoms with Gasteiger partial charge in [0.15, 0.2) is 0 Å². The van der Waals surface area contributed by atoms with Crippen LogP contribution in [0, 0.1) is 0 Å². The fourth-order valence-corrected chi connectivity index (χ4v) is 3.18. The summed E-state index contributed by atoms with van der Waals surface area (Å²) >= 11 is 0. The molecule has 0 bridgehead atoms. The molecule has 0 saturated carbocycles. The molecular formula is C21H33NO4. The van der Waals surface area contributed by atoms with Gasteiger partial charge in [0.2, 0.25) is 5.91 Å². The standard InChI is InChI=1S/C21H33NO4/c1-3-12-22(13-4-2)21(23)17-25-16-20-11-10-19(26-20)15-24-14-18-8-6-5-7-9-18/h5-9,19-20H,3-4,10-17H2,1-2H3. The molecule has 5 heteroatoms. The van der Waals surface area contributed by atoms with E-state index in [0.29, 0.717) is 19.8 Å². The van der Waals surface area contributed by atoms with Crippen molar-refractivity contribution >= 4 is 5.91 Å². The highest BCUT2D eigenvalue weighted by Gasteiger charge is 2.26. The molecule has 2 atom stereocenters. The van der Waals surface area contributed by atoms with E-state index in [1.165, 1.54) is 5.56 Å². The number of hydrogen-bond acceptors (Lipinski definition) is 4. The van der Waals surface area contributed by atoms with Crippen molar-refractivity contribution in [2.75, 3.05) is 32.9 Å². The van der Waals surface area contributed by atoms with Gasteiger partial charge in [0.05, 0.1) is 32.0 Å². The third-order valence-corrected chi connectivity index (χ3v) is 4.48. The van der Waals surface area contributed by atoms with Crippen LogP contribution in [0.2, 0.25) is 0 Å². The van der Waals surface area contributed by atoms with E-state index in [0.717, 1.165) is 38.8 Å². The lowest BCUT2D eigenvalue weighted by Crippen LogP contribution is -2.36. The molecule has 0 spiro atoms. The molecule has 146 valence electrons. The summed E-state index contributed by atoms with van der Waals surface area (Å²) in [6.07, 6.45) is 4.08. The van der Waals surface area contributed by atoms with Crippen molar-refractivity contribution in [3.63, 3.8) is 0 Å². The summed E-state index contributed by atoms with van der Waals surface area (Å²) in [6, 6.07) is 10.2. The van der Waals surface area contributed by atoms with Crippen LogP contribution in [-0.4, -0.2) is 55.9 Å². The van der Waals surface area contributed by atoms with Gasteiger partial charge in [-0.1, -0.05) is 44.2 Å². The first-order chi connectivity index (χ1) is 12.7. The normalized spacial score (nSPS) is 19.6. The fourth-order valence-electron chi connectivity index (χ4n) is 3.18. The molecule has 1 aromatic rings. The van der Waals surface area contributed by atoms with Crippen molar-refractivity contribution in [2.45, 2.75) is 58.3 Å². The maximum atomic E-state index is 12.2. The van der Waals surface area contributed by atoms with Gasteiger partial charge < -0.3 is 19.1 Å². The van der Waals surface area contributed by atoms with Crippen LogP contribution in [0.5, 0.6) is 0 Å². The number of hydrogen-bond donors (Lipinski definition) is 0. The molecule has 0 aliphatic carbocycles. The molecule has 2 unspecified atom stereocenters. The summed E-state index contributed by atoms with van der Waals surface area (Å²) in [5.41, 5.74) is 1.17. The summed E-state index contributed by atoms with van der Waals surface area (Å²) < 4.78 is 17.3. The number of amides is 1. The highest BCUT2D eigenvalue weighted by Crippen LogP contribution is 2.20. The summed E-state index contributed by atoms with van der Waals surface area (Å²) in [5.74, 6) is 0.0782. The first-order valence-corrected chi connectivity index (χ1v) is 9.85. The second kappa shape index (κ2) is 12.0. The summed E-state index contributed by atoms with van der Waals surface area (Å²) in [7, 11) is 0. The molecule has 0 aromatic heterocycles. The van der Waals surface area contributed by atoms with E-state index in [2.05, 4.69) is 26.0 Å². The van der Waals surface area contributed by atoms with Crippen molar-refractivity contribution in [3.05, 3.63) is 35.9 Å². The van der Waals surface area contributed by atoms with E-state index in [9.17, 15) is 4.79 Å². The maximum absolute atomic E-state index is 12.2. The quantitative estimate of drug-likeness (QED) is 0.571. The predicted octanol–water partition coefficient (Wildman–Crippen LogP) is 3.42. The lowest BCUT2D eigenvalue weighted by Gasteiger charge is -2.21. The average Bonchev–Trinajstić information content (AvgIpc) is 3.10. The van der Waals surface area contributed by atoms with Crippen LogP contribution < -0.4 is 0 Å². The molecule has 1 heterocycles. The topological polar surface area (TPSA) is 48.0 Å². The van der Waals surface area contributed by atoms with E-state index >= 15 is 0 Å². The van der Waals surface area contributed by atoms with Crippen molar-refractivity contribution in [1.82, 2.24) is 4.90 Å². The molecule has 5 nitrogen and oxygen atoms in total. The first kappa shape index (κ1) is 20.9. The highest BCUT2D eigenvalue weighted by atomic mass is 16.6. The van der Waals surface area contributed by atoms with Gasteiger partial charge in [0, 0.05) is 13.1 Å². The second-order valence-corrected chi connectivity index (χ2v) is 6.85. The Kier molecular flexibility index (Phi) is 9.67. The molecule has 1 amide bonds. The van der Waals surface area contributed by atoms with Crippen molar-refractivity contribution < 1.29 is 19.0 Å². The molecule has 0 N–H and O–H groups in total. The van der Waals surface area contributed by atoms with Crippen LogP contribution in [0.3, 0.4) is 0 Å². The van der Waals surface area contributed by atoms with Crippen LogP contribution in [0.4, 0.5) is 0 Å².